The number of fused-ring (bicyclic) bond motifs is 1. The van der Waals surface area contributed by atoms with Crippen LogP contribution in [0.25, 0.3) is 0 Å². The molecule has 1 heterocycles. The third-order valence-corrected chi connectivity index (χ3v) is 6.04. The van der Waals surface area contributed by atoms with Crippen LogP contribution in [-0.2, 0) is 11.3 Å². The highest BCUT2D eigenvalue weighted by atomic mass is 16.6. The fraction of sp³-hybridized carbons (Fsp3) is 0.0769. The molecule has 5 rings (SSSR count). The maximum absolute atomic E-state index is 13.5. The summed E-state index contributed by atoms with van der Waals surface area (Å²) in [6.07, 6.45) is 0. The van der Waals surface area contributed by atoms with Crippen LogP contribution in [0.1, 0.15) is 37.8 Å². The van der Waals surface area contributed by atoms with Crippen molar-refractivity contribution >= 4 is 17.3 Å². The van der Waals surface area contributed by atoms with Gasteiger partial charge in [0, 0.05) is 29.8 Å². The summed E-state index contributed by atoms with van der Waals surface area (Å²) in [5, 5.41) is 26.4. The van der Waals surface area contributed by atoms with Crippen molar-refractivity contribution in [1.29, 1.82) is 0 Å². The number of nitro groups is 2. The number of hydrogen-bond acceptors (Lipinski definition) is 8. The van der Waals surface area contributed by atoms with Crippen LogP contribution in [-0.4, -0.2) is 21.4 Å². The molecule has 0 spiro atoms. The summed E-state index contributed by atoms with van der Waals surface area (Å²) < 4.78 is 5.77. The minimum atomic E-state index is -1.30. The number of nitrogens with zero attached hydrogens (tertiary/aromatic N) is 2. The first-order valence-corrected chi connectivity index (χ1v) is 10.9. The standard InChI is InChI=1S/C26H17N3O7/c30-23-18-8-4-5-9-19(18)24(31)25-21(23)20(16-10-12-17(13-11-16)28(32)33)22(29(34)35)26(36-25)27-14-15-6-2-1-3-7-15/h1-13,20,27H,14H2. The monoisotopic (exact) mass is 483 g/mol. The Hall–Kier alpha value is -5.12. The molecular formula is C26H17N3O7. The van der Waals surface area contributed by atoms with Crippen LogP contribution >= 0.6 is 0 Å². The number of benzene rings is 3. The van der Waals surface area contributed by atoms with Crippen LogP contribution in [0.3, 0.4) is 0 Å². The van der Waals surface area contributed by atoms with Gasteiger partial charge in [0.2, 0.25) is 5.78 Å². The second-order valence-corrected chi connectivity index (χ2v) is 8.14. The maximum atomic E-state index is 13.5. The van der Waals surface area contributed by atoms with Crippen molar-refractivity contribution in [1.82, 2.24) is 5.32 Å². The lowest BCUT2D eigenvalue weighted by molar-refractivity contribution is -0.433. The summed E-state index contributed by atoms with van der Waals surface area (Å²) in [6.45, 7) is 0.155. The summed E-state index contributed by atoms with van der Waals surface area (Å²) in [4.78, 5) is 49.1. The van der Waals surface area contributed by atoms with Gasteiger partial charge in [-0.25, -0.2) is 0 Å². The van der Waals surface area contributed by atoms with Crippen molar-refractivity contribution in [3.8, 4) is 0 Å². The number of Topliss-reactive ketones (excluding diaryl/α,β-unsaturated/α-hetero) is 2. The van der Waals surface area contributed by atoms with Gasteiger partial charge in [-0.2, -0.15) is 0 Å². The van der Waals surface area contributed by atoms with E-state index < -0.39 is 33.0 Å². The molecule has 0 saturated carbocycles. The van der Waals surface area contributed by atoms with Crippen LogP contribution in [0.5, 0.6) is 0 Å². The van der Waals surface area contributed by atoms with E-state index in [1.54, 1.807) is 12.1 Å². The average Bonchev–Trinajstić information content (AvgIpc) is 2.90. The molecule has 0 radical (unpaired) electrons. The zero-order valence-electron chi connectivity index (χ0n) is 18.5. The molecule has 1 aliphatic carbocycles. The Morgan fingerprint density at radius 2 is 1.39 bits per heavy atom. The highest BCUT2D eigenvalue weighted by Gasteiger charge is 2.48. The van der Waals surface area contributed by atoms with E-state index in [0.717, 1.165) is 5.56 Å². The number of non-ortho nitro benzene ring substituents is 1. The first kappa shape index (κ1) is 22.7. The molecule has 3 aromatic rings. The smallest absolute Gasteiger partial charge is 0.317 e. The van der Waals surface area contributed by atoms with Crippen LogP contribution in [0, 0.1) is 20.2 Å². The van der Waals surface area contributed by atoms with Crippen molar-refractivity contribution in [3.05, 3.63) is 144 Å². The number of carbonyl (C=O) groups is 2. The lowest BCUT2D eigenvalue weighted by atomic mass is 9.77. The van der Waals surface area contributed by atoms with Crippen LogP contribution in [0.4, 0.5) is 5.69 Å². The van der Waals surface area contributed by atoms with Crippen molar-refractivity contribution < 1.29 is 24.2 Å². The summed E-state index contributed by atoms with van der Waals surface area (Å²) in [5.74, 6) is -3.03. The van der Waals surface area contributed by atoms with Gasteiger partial charge in [-0.15, -0.1) is 0 Å². The highest BCUT2D eigenvalue weighted by Crippen LogP contribution is 2.45. The molecule has 3 aromatic carbocycles. The fourth-order valence-corrected chi connectivity index (χ4v) is 4.36. The molecule has 1 unspecified atom stereocenters. The van der Waals surface area contributed by atoms with Gasteiger partial charge >= 0.3 is 5.70 Å². The Bertz CT molecular complexity index is 1490. The van der Waals surface area contributed by atoms with E-state index >= 15 is 0 Å². The molecule has 0 amide bonds. The van der Waals surface area contributed by atoms with E-state index in [1.165, 1.54) is 36.4 Å². The van der Waals surface area contributed by atoms with Gasteiger partial charge in [0.05, 0.1) is 15.4 Å². The molecule has 1 aliphatic heterocycles. The number of allylic oxidation sites excluding steroid dienone is 2. The molecule has 10 nitrogen and oxygen atoms in total. The molecule has 10 heteroatoms. The Morgan fingerprint density at radius 3 is 2.00 bits per heavy atom. The van der Waals surface area contributed by atoms with Gasteiger partial charge in [-0.1, -0.05) is 66.7 Å². The Kier molecular flexibility index (Phi) is 5.61. The second kappa shape index (κ2) is 8.91. The first-order chi connectivity index (χ1) is 17.4. The quantitative estimate of drug-likeness (QED) is 0.404. The number of nitrogens with one attached hydrogen (secondary N) is 1. The SMILES string of the molecule is O=C1C2=C(C(=O)c3ccccc31)C(c1ccc([N+](=O)[O-])cc1)C([N+](=O)[O-])=C(NCc1ccccc1)O2. The lowest BCUT2D eigenvalue weighted by Crippen LogP contribution is -2.35. The normalized spacial score (nSPS) is 16.7. The zero-order valence-corrected chi connectivity index (χ0v) is 18.5. The van der Waals surface area contributed by atoms with Gasteiger partial charge in [-0.3, -0.25) is 29.8 Å². The molecule has 36 heavy (non-hydrogen) atoms. The van der Waals surface area contributed by atoms with Crippen molar-refractivity contribution in [2.24, 2.45) is 0 Å². The van der Waals surface area contributed by atoms with Crippen LogP contribution in [0.15, 0.2) is 102 Å². The maximum Gasteiger partial charge on any atom is 0.317 e. The Balaban J connectivity index is 1.67. The summed E-state index contributed by atoms with van der Waals surface area (Å²) in [7, 11) is 0. The number of hydrogen-bond donors (Lipinski definition) is 1. The molecular weight excluding hydrogens is 466 g/mol. The minimum Gasteiger partial charge on any atom is -0.431 e. The molecule has 0 saturated heterocycles. The van der Waals surface area contributed by atoms with Crippen molar-refractivity contribution in [2.45, 2.75) is 12.5 Å². The minimum absolute atomic E-state index is 0.111. The van der Waals surface area contributed by atoms with E-state index in [-0.39, 0.29) is 46.1 Å². The largest absolute Gasteiger partial charge is 0.431 e. The predicted molar refractivity (Wildman–Crippen MR) is 126 cm³/mol. The number of carbonyl (C=O) groups excluding carboxylic acids is 2. The number of ketones is 2. The molecule has 0 bridgehead atoms. The van der Waals surface area contributed by atoms with Gasteiger partial charge in [-0.05, 0) is 11.1 Å². The van der Waals surface area contributed by atoms with E-state index in [4.69, 9.17) is 4.74 Å². The van der Waals surface area contributed by atoms with E-state index in [1.807, 2.05) is 30.3 Å². The summed E-state index contributed by atoms with van der Waals surface area (Å²) in [6, 6.07) is 20.3. The average molecular weight is 483 g/mol. The van der Waals surface area contributed by atoms with Gasteiger partial charge in [0.15, 0.2) is 11.5 Å². The first-order valence-electron chi connectivity index (χ1n) is 10.9. The third kappa shape index (κ3) is 3.80. The van der Waals surface area contributed by atoms with Crippen molar-refractivity contribution in [2.75, 3.05) is 0 Å². The van der Waals surface area contributed by atoms with E-state index in [9.17, 15) is 29.8 Å². The number of nitro benzene ring substituents is 1. The number of ether oxygens (including phenoxy) is 1. The molecule has 2 aliphatic rings. The molecule has 1 atom stereocenters. The molecule has 1 N–H and O–H groups in total. The van der Waals surface area contributed by atoms with Crippen LogP contribution in [0.2, 0.25) is 0 Å². The predicted octanol–water partition coefficient (Wildman–Crippen LogP) is 4.28. The second-order valence-electron chi connectivity index (χ2n) is 8.14. The zero-order chi connectivity index (χ0) is 25.4. The van der Waals surface area contributed by atoms with Gasteiger partial charge in [0.25, 0.3) is 11.6 Å². The number of rotatable bonds is 6. The van der Waals surface area contributed by atoms with E-state index in [2.05, 4.69) is 5.32 Å². The Labute approximate surface area is 203 Å². The van der Waals surface area contributed by atoms with E-state index in [0.29, 0.717) is 0 Å². The topological polar surface area (TPSA) is 142 Å². The summed E-state index contributed by atoms with van der Waals surface area (Å²) >= 11 is 0. The third-order valence-electron chi connectivity index (χ3n) is 6.04. The van der Waals surface area contributed by atoms with Gasteiger partial charge in [0.1, 0.15) is 5.92 Å². The highest BCUT2D eigenvalue weighted by molar-refractivity contribution is 6.27. The Morgan fingerprint density at radius 1 is 0.778 bits per heavy atom. The lowest BCUT2D eigenvalue weighted by Gasteiger charge is -2.30. The van der Waals surface area contributed by atoms with Crippen LogP contribution < -0.4 is 5.32 Å². The molecule has 0 fully saturated rings. The molecule has 178 valence electrons. The fourth-order valence-electron chi connectivity index (χ4n) is 4.36. The van der Waals surface area contributed by atoms with Gasteiger partial charge < -0.3 is 10.1 Å². The molecule has 0 aromatic heterocycles. The summed E-state index contributed by atoms with van der Waals surface area (Å²) in [5.41, 5.74) is 0.423. The van der Waals surface area contributed by atoms with Crippen molar-refractivity contribution in [3.63, 3.8) is 0 Å².